The van der Waals surface area contributed by atoms with Crippen LogP contribution in [0.15, 0.2) is 52.4 Å². The molecule has 0 aliphatic rings. The molecule has 0 saturated heterocycles. The van der Waals surface area contributed by atoms with Gasteiger partial charge in [0.2, 0.25) is 0 Å². The molecule has 0 spiro atoms. The summed E-state index contributed by atoms with van der Waals surface area (Å²) in [4.78, 5) is 21.5. The van der Waals surface area contributed by atoms with E-state index in [0.29, 0.717) is 33.4 Å². The Morgan fingerprint density at radius 3 is 2.54 bits per heavy atom. The van der Waals surface area contributed by atoms with Gasteiger partial charge in [0, 0.05) is 22.2 Å². The molecule has 4 rings (SSSR count). The van der Waals surface area contributed by atoms with Gasteiger partial charge < -0.3 is 14.5 Å². The van der Waals surface area contributed by atoms with Gasteiger partial charge >= 0.3 is 0 Å². The van der Waals surface area contributed by atoms with Crippen molar-refractivity contribution in [1.82, 2.24) is 14.5 Å². The molecule has 0 bridgehead atoms. The molecule has 6 nitrogen and oxygen atoms in total. The first-order valence-corrected chi connectivity index (χ1v) is 9.84. The van der Waals surface area contributed by atoms with Crippen LogP contribution in [0.5, 0.6) is 11.5 Å². The predicted octanol–water partition coefficient (Wildman–Crippen LogP) is 4.38. The molecule has 1 N–H and O–H groups in total. The molecule has 28 heavy (non-hydrogen) atoms. The van der Waals surface area contributed by atoms with E-state index < -0.39 is 0 Å². The first-order valence-electron chi connectivity index (χ1n) is 8.96. The Morgan fingerprint density at radius 2 is 1.82 bits per heavy atom. The average molecular weight is 395 g/mol. The van der Waals surface area contributed by atoms with Crippen LogP contribution in [-0.4, -0.2) is 34.0 Å². The predicted molar refractivity (Wildman–Crippen MR) is 113 cm³/mol. The second-order valence-corrected chi connectivity index (χ2v) is 8.18. The molecule has 0 aliphatic heterocycles. The van der Waals surface area contributed by atoms with Crippen molar-refractivity contribution in [3.63, 3.8) is 0 Å². The van der Waals surface area contributed by atoms with Crippen LogP contribution in [0.3, 0.4) is 0 Å². The number of aromatic amines is 1. The van der Waals surface area contributed by atoms with Crippen molar-refractivity contribution in [2.75, 3.05) is 14.2 Å². The van der Waals surface area contributed by atoms with E-state index in [4.69, 9.17) is 14.5 Å². The van der Waals surface area contributed by atoms with Gasteiger partial charge in [-0.05, 0) is 18.2 Å². The molecule has 0 radical (unpaired) electrons. The molecule has 0 fully saturated rings. The molecule has 7 heteroatoms. The monoisotopic (exact) mass is 395 g/mol. The number of H-pyrrole nitrogens is 1. The summed E-state index contributed by atoms with van der Waals surface area (Å²) in [5.41, 5.74) is 2.62. The Bertz CT molecular complexity index is 1230. The van der Waals surface area contributed by atoms with Crippen LogP contribution in [-0.2, 0) is 0 Å². The summed E-state index contributed by atoms with van der Waals surface area (Å²) in [5.74, 6) is 1.17. The van der Waals surface area contributed by atoms with E-state index in [1.807, 2.05) is 30.3 Å². The van der Waals surface area contributed by atoms with Crippen molar-refractivity contribution in [2.45, 2.75) is 24.3 Å². The lowest BCUT2D eigenvalue weighted by molar-refractivity contribution is 0.354. The van der Waals surface area contributed by atoms with Crippen LogP contribution in [0.4, 0.5) is 0 Å². The van der Waals surface area contributed by atoms with Gasteiger partial charge in [0.1, 0.15) is 11.0 Å². The lowest BCUT2D eigenvalue weighted by Gasteiger charge is -2.15. The molecular weight excluding hydrogens is 374 g/mol. The highest BCUT2D eigenvalue weighted by molar-refractivity contribution is 7.99. The van der Waals surface area contributed by atoms with Crippen LogP contribution in [0, 0.1) is 0 Å². The topological polar surface area (TPSA) is 69.1 Å². The van der Waals surface area contributed by atoms with Crippen LogP contribution < -0.4 is 15.0 Å². The highest BCUT2D eigenvalue weighted by Crippen LogP contribution is 2.32. The fourth-order valence-electron chi connectivity index (χ4n) is 3.22. The summed E-state index contributed by atoms with van der Waals surface area (Å²) in [6.45, 7) is 4.16. The zero-order valence-corrected chi connectivity index (χ0v) is 17.0. The van der Waals surface area contributed by atoms with Gasteiger partial charge in [0.15, 0.2) is 16.7 Å². The number of hydrogen-bond donors (Lipinski definition) is 1. The average Bonchev–Trinajstić information content (AvgIpc) is 3.06. The molecule has 0 saturated carbocycles. The van der Waals surface area contributed by atoms with E-state index in [2.05, 4.69) is 18.8 Å². The Labute approximate surface area is 166 Å². The lowest BCUT2D eigenvalue weighted by atomic mass is 10.2. The first-order chi connectivity index (χ1) is 13.5. The van der Waals surface area contributed by atoms with E-state index in [-0.39, 0.29) is 10.8 Å². The summed E-state index contributed by atoms with van der Waals surface area (Å²) in [7, 11) is 3.16. The number of para-hydroxylation sites is 1. The summed E-state index contributed by atoms with van der Waals surface area (Å²) in [6, 6.07) is 13.2. The van der Waals surface area contributed by atoms with Crippen molar-refractivity contribution < 1.29 is 9.47 Å². The zero-order valence-electron chi connectivity index (χ0n) is 16.1. The van der Waals surface area contributed by atoms with E-state index in [1.54, 1.807) is 42.7 Å². The number of thioether (sulfide) groups is 1. The molecule has 144 valence electrons. The maximum absolute atomic E-state index is 13.5. The molecule has 4 aromatic rings. The minimum absolute atomic E-state index is 0.142. The number of nitrogens with zero attached hydrogens (tertiary/aromatic N) is 2. The van der Waals surface area contributed by atoms with Gasteiger partial charge in [0.25, 0.3) is 5.56 Å². The van der Waals surface area contributed by atoms with Gasteiger partial charge in [0.05, 0.1) is 19.9 Å². The molecule has 2 aromatic carbocycles. The molecule has 2 aromatic heterocycles. The van der Waals surface area contributed by atoms with E-state index in [9.17, 15) is 4.79 Å². The number of aromatic nitrogens is 3. The fourth-order valence-corrected chi connectivity index (χ4v) is 4.08. The van der Waals surface area contributed by atoms with Crippen LogP contribution in [0.25, 0.3) is 27.6 Å². The fraction of sp³-hybridized carbons (Fsp3) is 0.238. The Balaban J connectivity index is 2.05. The van der Waals surface area contributed by atoms with Crippen molar-refractivity contribution in [1.29, 1.82) is 0 Å². The van der Waals surface area contributed by atoms with Gasteiger partial charge in [-0.1, -0.05) is 43.8 Å². The molecule has 0 aliphatic carbocycles. The third-order valence-electron chi connectivity index (χ3n) is 4.46. The van der Waals surface area contributed by atoms with Crippen LogP contribution in [0.1, 0.15) is 13.8 Å². The largest absolute Gasteiger partial charge is 0.493 e. The summed E-state index contributed by atoms with van der Waals surface area (Å²) >= 11 is 1.55. The third-order valence-corrected chi connectivity index (χ3v) is 5.42. The number of rotatable bonds is 5. The quantitative estimate of drug-likeness (QED) is 0.401. The maximum atomic E-state index is 13.5. The Kier molecular flexibility index (Phi) is 4.77. The SMILES string of the molecule is COc1ccc(-n2c(SC(C)C)nc3c([nH]c4ccccc43)c2=O)cc1OC. The molecule has 0 atom stereocenters. The minimum Gasteiger partial charge on any atom is -0.493 e. The number of benzene rings is 2. The number of hydrogen-bond acceptors (Lipinski definition) is 5. The van der Waals surface area contributed by atoms with E-state index >= 15 is 0 Å². The highest BCUT2D eigenvalue weighted by Gasteiger charge is 2.19. The van der Waals surface area contributed by atoms with Gasteiger partial charge in [-0.25, -0.2) is 4.98 Å². The second kappa shape index (κ2) is 7.24. The molecule has 0 amide bonds. The van der Waals surface area contributed by atoms with Gasteiger partial charge in [-0.3, -0.25) is 9.36 Å². The van der Waals surface area contributed by atoms with Crippen molar-refractivity contribution in [3.8, 4) is 17.2 Å². The summed E-state index contributed by atoms with van der Waals surface area (Å²) in [5, 5.41) is 1.85. The van der Waals surface area contributed by atoms with Crippen LogP contribution >= 0.6 is 11.8 Å². The van der Waals surface area contributed by atoms with E-state index in [0.717, 1.165) is 10.9 Å². The molecule has 0 unspecified atom stereocenters. The summed E-state index contributed by atoms with van der Waals surface area (Å²) in [6.07, 6.45) is 0. The van der Waals surface area contributed by atoms with Crippen molar-refractivity contribution in [2.24, 2.45) is 0 Å². The normalized spacial score (nSPS) is 11.5. The lowest BCUT2D eigenvalue weighted by Crippen LogP contribution is -2.22. The van der Waals surface area contributed by atoms with Crippen molar-refractivity contribution >= 4 is 33.7 Å². The van der Waals surface area contributed by atoms with E-state index in [1.165, 1.54) is 0 Å². The maximum Gasteiger partial charge on any atom is 0.283 e. The smallest absolute Gasteiger partial charge is 0.283 e. The number of ether oxygens (including phenoxy) is 2. The highest BCUT2D eigenvalue weighted by atomic mass is 32.2. The second-order valence-electron chi connectivity index (χ2n) is 6.64. The number of fused-ring (bicyclic) bond motifs is 3. The number of methoxy groups -OCH3 is 2. The third kappa shape index (κ3) is 3.01. The standard InChI is InChI=1S/C21H21N3O3S/c1-12(2)28-21-23-18-14-7-5-6-8-15(14)22-19(18)20(25)24(21)13-9-10-16(26-3)17(11-13)27-4/h5-12,22H,1-4H3. The van der Waals surface area contributed by atoms with Crippen LogP contribution in [0.2, 0.25) is 0 Å². The zero-order chi connectivity index (χ0) is 19.8. The minimum atomic E-state index is -0.142. The molecule has 2 heterocycles. The Morgan fingerprint density at radius 1 is 1.07 bits per heavy atom. The van der Waals surface area contributed by atoms with Crippen molar-refractivity contribution in [3.05, 3.63) is 52.8 Å². The van der Waals surface area contributed by atoms with Gasteiger partial charge in [-0.2, -0.15) is 0 Å². The molecular formula is C21H21N3O3S. The summed E-state index contributed by atoms with van der Waals surface area (Å²) < 4.78 is 12.4. The first kappa shape index (κ1) is 18.4. The Hall–Kier alpha value is -2.93. The number of nitrogens with one attached hydrogen (secondary N) is 1. The van der Waals surface area contributed by atoms with Gasteiger partial charge in [-0.15, -0.1) is 0 Å².